The number of halogens is 3. The van der Waals surface area contributed by atoms with Crippen LogP contribution in [0.15, 0.2) is 35.2 Å². The van der Waals surface area contributed by atoms with Crippen molar-refractivity contribution in [1.29, 1.82) is 0 Å². The number of rotatable bonds is 9. The van der Waals surface area contributed by atoms with E-state index in [1.54, 1.807) is 21.5 Å². The van der Waals surface area contributed by atoms with Gasteiger partial charge in [-0.15, -0.1) is 0 Å². The van der Waals surface area contributed by atoms with Gasteiger partial charge in [0.15, 0.2) is 5.69 Å². The molecule has 0 spiro atoms. The van der Waals surface area contributed by atoms with Crippen molar-refractivity contribution in [2.75, 3.05) is 40.8 Å². The number of aromatic amines is 1. The number of hydrogen-bond donors (Lipinski definition) is 2. The summed E-state index contributed by atoms with van der Waals surface area (Å²) >= 11 is 0. The molecule has 0 radical (unpaired) electrons. The molecule has 0 aliphatic carbocycles. The quantitative estimate of drug-likeness (QED) is 0.531. The largest absolute Gasteiger partial charge is 0.432 e. The van der Waals surface area contributed by atoms with Gasteiger partial charge in [-0.25, -0.2) is 8.42 Å². The van der Waals surface area contributed by atoms with Gasteiger partial charge in [-0.3, -0.25) is 14.8 Å². The zero-order valence-electron chi connectivity index (χ0n) is 20.0. The van der Waals surface area contributed by atoms with Crippen molar-refractivity contribution >= 4 is 15.9 Å². The lowest BCUT2D eigenvalue weighted by molar-refractivity contribution is -0.141. The SMILES string of the molecule is CN(C)CCN(C)C1CCCCN1S(=O)(=O)c1ccc(CNC(=O)c2cc(C(F)(F)F)[nH]n2)cc1. The van der Waals surface area contributed by atoms with E-state index in [-0.39, 0.29) is 23.3 Å². The predicted octanol–water partition coefficient (Wildman–Crippen LogP) is 2.35. The second-order valence-corrected chi connectivity index (χ2v) is 10.8. The van der Waals surface area contributed by atoms with Crippen molar-refractivity contribution in [3.05, 3.63) is 47.3 Å². The molecule has 1 unspecified atom stereocenters. The summed E-state index contributed by atoms with van der Waals surface area (Å²) in [7, 11) is 2.16. The fraction of sp³-hybridized carbons (Fsp3) is 0.545. The van der Waals surface area contributed by atoms with Crippen LogP contribution in [0.5, 0.6) is 0 Å². The van der Waals surface area contributed by atoms with Crippen LogP contribution in [-0.4, -0.2) is 85.6 Å². The smallest absolute Gasteiger partial charge is 0.347 e. The maximum absolute atomic E-state index is 13.4. The fourth-order valence-electron chi connectivity index (χ4n) is 3.89. The minimum absolute atomic E-state index is 0.00693. The van der Waals surface area contributed by atoms with Crippen LogP contribution in [0.4, 0.5) is 13.2 Å². The van der Waals surface area contributed by atoms with Gasteiger partial charge in [0.2, 0.25) is 10.0 Å². The topological polar surface area (TPSA) is 102 Å². The second-order valence-electron chi connectivity index (χ2n) is 8.87. The Kier molecular flexibility index (Phi) is 8.57. The van der Waals surface area contributed by atoms with Gasteiger partial charge in [0, 0.05) is 32.2 Å². The highest BCUT2D eigenvalue weighted by Crippen LogP contribution is 2.28. The number of aromatic nitrogens is 2. The summed E-state index contributed by atoms with van der Waals surface area (Å²) in [5, 5.41) is 7.67. The molecule has 1 aromatic carbocycles. The molecule has 1 aliphatic heterocycles. The number of nitrogens with zero attached hydrogens (tertiary/aromatic N) is 4. The van der Waals surface area contributed by atoms with Crippen molar-refractivity contribution < 1.29 is 26.4 Å². The highest BCUT2D eigenvalue weighted by molar-refractivity contribution is 7.89. The summed E-state index contributed by atoms with van der Waals surface area (Å²) in [6, 6.07) is 6.76. The maximum atomic E-state index is 13.4. The molecule has 2 heterocycles. The second kappa shape index (κ2) is 11.1. The van der Waals surface area contributed by atoms with Crippen LogP contribution in [0.1, 0.15) is 41.0 Å². The Hall–Kier alpha value is -2.48. The first kappa shape index (κ1) is 27.1. The van der Waals surface area contributed by atoms with Crippen LogP contribution in [0, 0.1) is 0 Å². The number of benzene rings is 1. The van der Waals surface area contributed by atoms with E-state index >= 15 is 0 Å². The van der Waals surface area contributed by atoms with Crippen LogP contribution in [0.2, 0.25) is 0 Å². The number of nitrogens with one attached hydrogen (secondary N) is 2. The number of H-pyrrole nitrogens is 1. The van der Waals surface area contributed by atoms with Gasteiger partial charge in [0.1, 0.15) is 5.69 Å². The normalized spacial score (nSPS) is 17.8. The highest BCUT2D eigenvalue weighted by atomic mass is 32.2. The van der Waals surface area contributed by atoms with Crippen molar-refractivity contribution in [3.8, 4) is 0 Å². The van der Waals surface area contributed by atoms with Crippen LogP contribution < -0.4 is 5.32 Å². The Balaban J connectivity index is 1.65. The lowest BCUT2D eigenvalue weighted by Crippen LogP contribution is -2.52. The van der Waals surface area contributed by atoms with Gasteiger partial charge in [-0.2, -0.15) is 22.6 Å². The molecule has 13 heteroatoms. The van der Waals surface area contributed by atoms with E-state index in [9.17, 15) is 26.4 Å². The Morgan fingerprint density at radius 2 is 1.86 bits per heavy atom. The van der Waals surface area contributed by atoms with Crippen molar-refractivity contribution in [1.82, 2.24) is 29.6 Å². The Morgan fingerprint density at radius 3 is 2.46 bits per heavy atom. The fourth-order valence-corrected chi connectivity index (χ4v) is 5.59. The number of alkyl halides is 3. The molecule has 3 rings (SSSR count). The van der Waals surface area contributed by atoms with E-state index in [4.69, 9.17) is 0 Å². The molecule has 2 aromatic rings. The van der Waals surface area contributed by atoms with Crippen LogP contribution in [0.25, 0.3) is 0 Å². The third-order valence-corrected chi connectivity index (χ3v) is 7.84. The summed E-state index contributed by atoms with van der Waals surface area (Å²) in [4.78, 5) is 16.4. The molecule has 194 valence electrons. The first-order valence-electron chi connectivity index (χ1n) is 11.3. The Labute approximate surface area is 203 Å². The molecule has 1 saturated heterocycles. The molecule has 1 aromatic heterocycles. The summed E-state index contributed by atoms with van der Waals surface area (Å²) < 4.78 is 66.3. The third-order valence-electron chi connectivity index (χ3n) is 5.93. The molecule has 0 saturated carbocycles. The Morgan fingerprint density at radius 1 is 1.17 bits per heavy atom. The van der Waals surface area contributed by atoms with Gasteiger partial charge in [-0.05, 0) is 58.1 Å². The molecule has 0 bridgehead atoms. The van der Waals surface area contributed by atoms with E-state index in [0.717, 1.165) is 32.4 Å². The molecule has 1 amide bonds. The van der Waals surface area contributed by atoms with E-state index in [2.05, 4.69) is 20.2 Å². The molecule has 1 aliphatic rings. The summed E-state index contributed by atoms with van der Waals surface area (Å²) in [6.45, 7) is 2.01. The minimum atomic E-state index is -4.62. The highest BCUT2D eigenvalue weighted by Gasteiger charge is 2.36. The van der Waals surface area contributed by atoms with Gasteiger partial charge >= 0.3 is 6.18 Å². The Bertz CT molecular complexity index is 1100. The van der Waals surface area contributed by atoms with Gasteiger partial charge in [0.25, 0.3) is 5.91 Å². The lowest BCUT2D eigenvalue weighted by atomic mass is 10.1. The maximum Gasteiger partial charge on any atom is 0.432 e. The van der Waals surface area contributed by atoms with Crippen LogP contribution in [0.3, 0.4) is 0 Å². The summed E-state index contributed by atoms with van der Waals surface area (Å²) in [5.74, 6) is -0.773. The third kappa shape index (κ3) is 6.81. The molecule has 9 nitrogen and oxygen atoms in total. The lowest BCUT2D eigenvalue weighted by Gasteiger charge is -2.40. The predicted molar refractivity (Wildman–Crippen MR) is 124 cm³/mol. The summed E-state index contributed by atoms with van der Waals surface area (Å²) in [5.41, 5.74) is -0.895. The van der Waals surface area contributed by atoms with Gasteiger partial charge in [0.05, 0.1) is 11.1 Å². The van der Waals surface area contributed by atoms with Crippen molar-refractivity contribution in [3.63, 3.8) is 0 Å². The number of carbonyl (C=O) groups is 1. The monoisotopic (exact) mass is 516 g/mol. The number of likely N-dealkylation sites (N-methyl/N-ethyl adjacent to an activating group) is 2. The molecular weight excluding hydrogens is 485 g/mol. The molecule has 1 fully saturated rings. The zero-order chi connectivity index (χ0) is 25.8. The zero-order valence-corrected chi connectivity index (χ0v) is 20.8. The van der Waals surface area contributed by atoms with E-state index in [1.165, 1.54) is 12.1 Å². The average molecular weight is 517 g/mol. The van der Waals surface area contributed by atoms with Gasteiger partial charge < -0.3 is 10.2 Å². The van der Waals surface area contributed by atoms with Gasteiger partial charge in [-0.1, -0.05) is 12.1 Å². The first-order chi connectivity index (χ1) is 16.4. The number of amides is 1. The number of hydrogen-bond acceptors (Lipinski definition) is 6. The van der Waals surface area contributed by atoms with Crippen LogP contribution in [-0.2, 0) is 22.7 Å². The van der Waals surface area contributed by atoms with Crippen LogP contribution >= 0.6 is 0 Å². The van der Waals surface area contributed by atoms with Crippen molar-refractivity contribution in [2.24, 2.45) is 0 Å². The standard InChI is InChI=1S/C22H31F3N6O3S/c1-29(2)12-13-30(3)20-6-4-5-11-31(20)35(33,34)17-9-7-16(8-10-17)15-26-21(32)18-14-19(28-27-18)22(23,24)25/h7-10,14,20H,4-6,11-13,15H2,1-3H3,(H,26,32)(H,27,28). The molecule has 35 heavy (non-hydrogen) atoms. The number of carbonyl (C=O) groups excluding carboxylic acids is 1. The van der Waals surface area contributed by atoms with E-state index in [0.29, 0.717) is 18.2 Å². The number of sulfonamides is 1. The molecule has 1 atom stereocenters. The molecular formula is C22H31F3N6O3S. The molecule has 2 N–H and O–H groups in total. The van der Waals surface area contributed by atoms with E-state index < -0.39 is 27.8 Å². The first-order valence-corrected chi connectivity index (χ1v) is 12.7. The summed E-state index contributed by atoms with van der Waals surface area (Å²) in [6.07, 6.45) is -2.33. The minimum Gasteiger partial charge on any atom is -0.347 e. The van der Waals surface area contributed by atoms with E-state index in [1.807, 2.05) is 21.1 Å². The number of piperidine rings is 1. The average Bonchev–Trinajstić information content (AvgIpc) is 3.32. The van der Waals surface area contributed by atoms with Crippen molar-refractivity contribution in [2.45, 2.75) is 43.0 Å².